The molecule has 4 aliphatic heterocycles. The van der Waals surface area contributed by atoms with E-state index in [4.69, 9.17) is 47.6 Å². The summed E-state index contributed by atoms with van der Waals surface area (Å²) in [5.74, 6) is -4.12. The zero-order chi connectivity index (χ0) is 55.1. The van der Waals surface area contributed by atoms with Crippen LogP contribution in [0.2, 0.25) is 0 Å². The molecule has 23 nitrogen and oxygen atoms in total. The molecule has 0 unspecified atom stereocenters. The van der Waals surface area contributed by atoms with E-state index in [-0.39, 0.29) is 103 Å². The number of alkyl carbamates (subject to hydrolysis) is 1. The van der Waals surface area contributed by atoms with E-state index in [9.17, 15) is 38.4 Å². The van der Waals surface area contributed by atoms with Gasteiger partial charge in [0.05, 0.1) is 75.1 Å². The zero-order valence-electron chi connectivity index (χ0n) is 44.7. The zero-order valence-corrected chi connectivity index (χ0v) is 44.7. The van der Waals surface area contributed by atoms with Crippen LogP contribution in [-0.4, -0.2) is 145 Å². The molecule has 2 aromatic heterocycles. The van der Waals surface area contributed by atoms with Crippen LogP contribution in [-0.2, 0) is 80.7 Å². The summed E-state index contributed by atoms with van der Waals surface area (Å²) in [5.41, 5.74) is -1.46. The third kappa shape index (κ3) is 13.6. The number of nitrogens with one attached hydrogen (secondary N) is 3. The Hall–Kier alpha value is -6.85. The molecule has 4 aliphatic rings. The van der Waals surface area contributed by atoms with Gasteiger partial charge >= 0.3 is 24.0 Å². The number of nitrogens with zero attached hydrogens (tertiary/aromatic N) is 3. The van der Waals surface area contributed by atoms with Crippen LogP contribution in [0, 0.1) is 5.92 Å². The molecule has 4 atom stereocenters. The molecule has 1 fully saturated rings. The molecule has 7 rings (SSSR count). The van der Waals surface area contributed by atoms with Crippen molar-refractivity contribution < 1.29 is 76.2 Å². The summed E-state index contributed by atoms with van der Waals surface area (Å²) in [6.45, 7) is 16.7. The van der Waals surface area contributed by atoms with Crippen molar-refractivity contribution in [1.29, 1.82) is 0 Å². The van der Waals surface area contributed by atoms with Gasteiger partial charge in [0.15, 0.2) is 11.5 Å². The number of fused-ring (bicyclic) bond motifs is 6. The summed E-state index contributed by atoms with van der Waals surface area (Å²) in [7, 11) is 0. The summed E-state index contributed by atoms with van der Waals surface area (Å²) < 4.78 is 51.5. The maximum Gasteiger partial charge on any atom is 0.407 e. The van der Waals surface area contributed by atoms with Gasteiger partial charge in [-0.15, -0.1) is 0 Å². The van der Waals surface area contributed by atoms with Gasteiger partial charge in [-0.1, -0.05) is 20.8 Å². The Kier molecular flexibility index (Phi) is 18.0. The predicted molar refractivity (Wildman–Crippen MR) is 270 cm³/mol. The normalized spacial score (nSPS) is 18.3. The minimum atomic E-state index is -2.08. The van der Waals surface area contributed by atoms with Crippen molar-refractivity contribution in [2.45, 2.75) is 142 Å². The van der Waals surface area contributed by atoms with Crippen LogP contribution in [0.5, 0.6) is 11.5 Å². The molecule has 0 aliphatic carbocycles. The van der Waals surface area contributed by atoms with Gasteiger partial charge in [0.2, 0.25) is 30.1 Å². The van der Waals surface area contributed by atoms with Gasteiger partial charge in [0.25, 0.3) is 5.56 Å². The molecular formula is C53H70N6O17. The Labute approximate surface area is 440 Å². The van der Waals surface area contributed by atoms with E-state index in [1.165, 1.54) is 4.90 Å². The fraction of sp³-hybridized carbons (Fsp3) is 0.604. The number of ether oxygens (including phenoxy) is 9. The average molecular weight is 1060 g/mol. The predicted octanol–water partition coefficient (Wildman–Crippen LogP) is 3.67. The SMILES string of the molecule is CC[C@@]1(OC(=O)[C@@H](NC(=O)[C@@H]2CCCN2C(=O)[C@H](CC(=O)OC(C)(C)C)NC(=O)CCOCCOCCOCCNC(=O)OC(C)(C)C)C(C)C)C(=O)OCc2c1cc1n(c2=O)Cc2cc3cc4c(cc3nc2-1)OCO4. The Morgan fingerprint density at radius 3 is 2.18 bits per heavy atom. The highest BCUT2D eigenvalue weighted by Gasteiger charge is 2.52. The van der Waals surface area contributed by atoms with E-state index < -0.39 is 94.5 Å². The summed E-state index contributed by atoms with van der Waals surface area (Å²) in [5, 5.41) is 8.76. The lowest BCUT2D eigenvalue weighted by Gasteiger charge is -2.37. The monoisotopic (exact) mass is 1060 g/mol. The molecule has 6 heterocycles. The number of rotatable bonds is 22. The number of esters is 3. The molecule has 23 heteroatoms. The number of carbonyl (C=O) groups is 7. The number of hydrogen-bond donors (Lipinski definition) is 3. The lowest BCUT2D eigenvalue weighted by Crippen LogP contribution is -2.57. The summed E-state index contributed by atoms with van der Waals surface area (Å²) in [6.07, 6.45) is -0.776. The first-order valence-corrected chi connectivity index (χ1v) is 25.7. The Bertz CT molecular complexity index is 2760. The first kappa shape index (κ1) is 56.9. The van der Waals surface area contributed by atoms with Crippen LogP contribution >= 0.6 is 0 Å². The van der Waals surface area contributed by atoms with Gasteiger partial charge in [-0.2, -0.15) is 0 Å². The highest BCUT2D eigenvalue weighted by molar-refractivity contribution is 5.96. The number of benzene rings is 1. The van der Waals surface area contributed by atoms with Crippen molar-refractivity contribution in [1.82, 2.24) is 30.4 Å². The molecule has 3 N–H and O–H groups in total. The second-order valence-corrected chi connectivity index (χ2v) is 21.2. The number of cyclic esters (lactones) is 1. The summed E-state index contributed by atoms with van der Waals surface area (Å²) in [4.78, 5) is 115. The van der Waals surface area contributed by atoms with E-state index in [2.05, 4.69) is 16.0 Å². The second-order valence-electron chi connectivity index (χ2n) is 21.2. The molecule has 0 saturated carbocycles. The van der Waals surface area contributed by atoms with Crippen LogP contribution < -0.4 is 31.0 Å². The van der Waals surface area contributed by atoms with E-state index in [1.807, 2.05) is 12.1 Å². The van der Waals surface area contributed by atoms with Gasteiger partial charge in [-0.25, -0.2) is 19.4 Å². The average Bonchev–Trinajstić information content (AvgIpc) is 4.17. The van der Waals surface area contributed by atoms with E-state index in [1.54, 1.807) is 79.0 Å². The maximum atomic E-state index is 14.4. The lowest BCUT2D eigenvalue weighted by atomic mass is 9.85. The van der Waals surface area contributed by atoms with Crippen LogP contribution in [0.3, 0.4) is 0 Å². The van der Waals surface area contributed by atoms with Crippen LogP contribution in [0.4, 0.5) is 4.79 Å². The number of likely N-dealkylation sites (tertiary alicyclic amines) is 1. The molecule has 4 amide bonds. The van der Waals surface area contributed by atoms with Gasteiger partial charge < -0.3 is 68.0 Å². The van der Waals surface area contributed by atoms with Crippen molar-refractivity contribution >= 4 is 52.6 Å². The van der Waals surface area contributed by atoms with Gasteiger partial charge in [-0.05, 0) is 84.9 Å². The van der Waals surface area contributed by atoms with Crippen molar-refractivity contribution in [2.24, 2.45) is 5.92 Å². The van der Waals surface area contributed by atoms with Gasteiger partial charge in [0, 0.05) is 42.1 Å². The highest BCUT2D eigenvalue weighted by Crippen LogP contribution is 2.43. The first-order chi connectivity index (χ1) is 36.0. The van der Waals surface area contributed by atoms with E-state index in [0.717, 1.165) is 10.9 Å². The molecule has 3 aromatic rings. The molecule has 0 spiro atoms. The third-order valence-corrected chi connectivity index (χ3v) is 12.9. The van der Waals surface area contributed by atoms with Crippen molar-refractivity contribution in [3.8, 4) is 22.9 Å². The molecule has 1 saturated heterocycles. The molecule has 0 bridgehead atoms. The van der Waals surface area contributed by atoms with Gasteiger partial charge in [0.1, 0.15) is 35.9 Å². The smallest absolute Gasteiger partial charge is 0.407 e. The minimum absolute atomic E-state index is 0.0325. The van der Waals surface area contributed by atoms with Crippen LogP contribution in [0.1, 0.15) is 111 Å². The third-order valence-electron chi connectivity index (χ3n) is 12.9. The second kappa shape index (κ2) is 24.0. The fourth-order valence-corrected chi connectivity index (χ4v) is 9.28. The Morgan fingerprint density at radius 2 is 1.51 bits per heavy atom. The highest BCUT2D eigenvalue weighted by atomic mass is 16.7. The Balaban J connectivity index is 0.969. The number of pyridine rings is 2. The summed E-state index contributed by atoms with van der Waals surface area (Å²) >= 11 is 0. The topological polar surface area (TPSA) is 277 Å². The quantitative estimate of drug-likeness (QED) is 0.0575. The standard InChI is InChI=1S/C53H70N6O17/c1-10-53(34-24-38-44-32(27-59(38)46(63)33(34)28-71-49(53)66)22-31-23-39-40(73-29-72-39)25-35(31)56-44)75-48(65)43(30(2)3)57-45(62)37-12-11-15-58(37)47(64)36(26-42(61)74-51(4,5)6)55-41(60)13-16-68-18-20-70-21-19-69-17-14-54-50(67)76-52(7,8)9/h22-25,30,36-37,43H,10-21,26-29H2,1-9H3,(H,54,67)(H,55,60)(H,57,62)/t36-,37-,43-,53-/m0/s1. The van der Waals surface area contributed by atoms with Crippen LogP contribution in [0.15, 0.2) is 29.1 Å². The van der Waals surface area contributed by atoms with Gasteiger partial charge in [-0.3, -0.25) is 24.0 Å². The van der Waals surface area contributed by atoms with E-state index >= 15 is 0 Å². The molecule has 1 aromatic carbocycles. The van der Waals surface area contributed by atoms with Crippen molar-refractivity contribution in [3.05, 3.63) is 51.3 Å². The van der Waals surface area contributed by atoms with Crippen molar-refractivity contribution in [2.75, 3.05) is 59.5 Å². The van der Waals surface area contributed by atoms with E-state index in [0.29, 0.717) is 34.8 Å². The summed E-state index contributed by atoms with van der Waals surface area (Å²) in [6, 6.07) is 3.27. The van der Waals surface area contributed by atoms with Crippen LogP contribution in [0.25, 0.3) is 22.3 Å². The molecule has 0 radical (unpaired) electrons. The van der Waals surface area contributed by atoms with Crippen molar-refractivity contribution in [3.63, 3.8) is 0 Å². The largest absolute Gasteiger partial charge is 0.460 e. The Morgan fingerprint density at radius 1 is 0.842 bits per heavy atom. The molecule has 76 heavy (non-hydrogen) atoms. The number of hydrogen-bond acceptors (Lipinski definition) is 18. The molecule has 414 valence electrons. The minimum Gasteiger partial charge on any atom is -0.460 e. The number of aromatic nitrogens is 2. The number of amides is 4. The maximum absolute atomic E-state index is 14.4. The fourth-order valence-electron chi connectivity index (χ4n) is 9.28. The molecular weight excluding hydrogens is 993 g/mol. The first-order valence-electron chi connectivity index (χ1n) is 25.7. The number of carbonyl (C=O) groups excluding carboxylic acids is 7. The lowest BCUT2D eigenvalue weighted by molar-refractivity contribution is -0.191.